The fraction of sp³-hybridized carbons (Fsp3) is 0.222. The SMILES string of the molecule is O=CNC(CSSC[C@H](NC=O)C(=O)N(Cc1ccccc1)Cc1ccccc1)C(=O)N(Cc1ccccc1)Cc1ccccc1. The van der Waals surface area contributed by atoms with Crippen molar-refractivity contribution in [1.82, 2.24) is 20.4 Å². The number of carbonyl (C=O) groups excluding carboxylic acids is 4. The number of carbonyl (C=O) groups is 4. The maximum Gasteiger partial charge on any atom is 0.246 e. The van der Waals surface area contributed by atoms with Crippen LogP contribution in [0.3, 0.4) is 0 Å². The molecule has 4 aromatic rings. The van der Waals surface area contributed by atoms with E-state index in [9.17, 15) is 19.2 Å². The van der Waals surface area contributed by atoms with E-state index >= 15 is 0 Å². The number of nitrogens with one attached hydrogen (secondary N) is 2. The van der Waals surface area contributed by atoms with Gasteiger partial charge in [-0.1, -0.05) is 143 Å². The summed E-state index contributed by atoms with van der Waals surface area (Å²) >= 11 is 0. The van der Waals surface area contributed by atoms with E-state index in [0.717, 1.165) is 22.3 Å². The van der Waals surface area contributed by atoms with Gasteiger partial charge in [-0.3, -0.25) is 19.2 Å². The Morgan fingerprint density at radius 3 is 1.00 bits per heavy atom. The molecule has 0 fully saturated rings. The summed E-state index contributed by atoms with van der Waals surface area (Å²) in [6, 6.07) is 37.3. The lowest BCUT2D eigenvalue weighted by atomic mass is 10.1. The first kappa shape index (κ1) is 34.3. The standard InChI is InChI=1S/C36H38N4O4S2/c41-27-37-33(35(43)39(21-29-13-5-1-6-14-29)22-30-15-7-2-8-16-30)25-45-46-26-34(38-28-42)36(44)40(23-31-17-9-3-10-18-31)24-32-19-11-4-12-20-32/h1-20,27-28,33-34H,21-26H2,(H,37,41)(H,38,42)/t33-,34?/m0/s1. The zero-order chi connectivity index (χ0) is 32.4. The lowest BCUT2D eigenvalue weighted by molar-refractivity contribution is -0.135. The maximum absolute atomic E-state index is 13.8. The molecular weight excluding hydrogens is 617 g/mol. The smallest absolute Gasteiger partial charge is 0.246 e. The van der Waals surface area contributed by atoms with Crippen molar-refractivity contribution in [2.45, 2.75) is 38.3 Å². The average Bonchev–Trinajstić information content (AvgIpc) is 3.10. The molecule has 0 aliphatic carbocycles. The van der Waals surface area contributed by atoms with Gasteiger partial charge in [0, 0.05) is 37.7 Å². The zero-order valence-electron chi connectivity index (χ0n) is 25.4. The van der Waals surface area contributed by atoms with Gasteiger partial charge in [0.25, 0.3) is 0 Å². The Morgan fingerprint density at radius 2 is 0.761 bits per heavy atom. The second-order valence-electron chi connectivity index (χ2n) is 10.6. The van der Waals surface area contributed by atoms with Gasteiger partial charge >= 0.3 is 0 Å². The van der Waals surface area contributed by atoms with Crippen LogP contribution in [0.1, 0.15) is 22.3 Å². The average molecular weight is 655 g/mol. The summed E-state index contributed by atoms with van der Waals surface area (Å²) in [4.78, 5) is 54.1. The van der Waals surface area contributed by atoms with E-state index in [0.29, 0.717) is 39.0 Å². The van der Waals surface area contributed by atoms with Crippen LogP contribution in [0.15, 0.2) is 121 Å². The summed E-state index contributed by atoms with van der Waals surface area (Å²) in [5.41, 5.74) is 3.93. The molecular formula is C36H38N4O4S2. The van der Waals surface area contributed by atoms with Crippen LogP contribution in [0.25, 0.3) is 0 Å². The minimum Gasteiger partial charge on any atom is -0.346 e. The lowest BCUT2D eigenvalue weighted by Gasteiger charge is -2.28. The van der Waals surface area contributed by atoms with Crippen LogP contribution in [0.2, 0.25) is 0 Å². The van der Waals surface area contributed by atoms with Crippen LogP contribution in [-0.4, -0.2) is 58.0 Å². The molecule has 8 nitrogen and oxygen atoms in total. The fourth-order valence-corrected chi connectivity index (χ4v) is 7.19. The first-order chi connectivity index (χ1) is 22.6. The van der Waals surface area contributed by atoms with E-state index in [4.69, 9.17) is 0 Å². The summed E-state index contributed by atoms with van der Waals surface area (Å²) in [5, 5.41) is 5.38. The molecule has 4 amide bonds. The van der Waals surface area contributed by atoms with E-state index in [-0.39, 0.29) is 23.3 Å². The Bertz CT molecular complexity index is 1300. The zero-order valence-corrected chi connectivity index (χ0v) is 27.1. The highest BCUT2D eigenvalue weighted by molar-refractivity contribution is 8.76. The molecule has 46 heavy (non-hydrogen) atoms. The van der Waals surface area contributed by atoms with E-state index in [1.165, 1.54) is 21.6 Å². The minimum atomic E-state index is -0.775. The first-order valence-electron chi connectivity index (χ1n) is 14.9. The normalized spacial score (nSPS) is 11.9. The van der Waals surface area contributed by atoms with Crippen molar-refractivity contribution >= 4 is 46.2 Å². The number of hydrogen-bond donors (Lipinski definition) is 2. The summed E-state index contributed by atoms with van der Waals surface area (Å²) in [6.07, 6.45) is 1.09. The topological polar surface area (TPSA) is 98.8 Å². The van der Waals surface area contributed by atoms with Gasteiger partial charge in [0.2, 0.25) is 24.6 Å². The molecule has 0 saturated heterocycles. The summed E-state index contributed by atoms with van der Waals surface area (Å²) in [7, 11) is 2.74. The molecule has 0 aliphatic heterocycles. The number of nitrogens with zero attached hydrogens (tertiary/aromatic N) is 2. The quantitative estimate of drug-likeness (QED) is 0.0834. The molecule has 0 radical (unpaired) electrons. The predicted octanol–water partition coefficient (Wildman–Crippen LogP) is 5.06. The number of benzene rings is 4. The maximum atomic E-state index is 13.8. The van der Waals surface area contributed by atoms with Crippen molar-refractivity contribution < 1.29 is 19.2 Å². The molecule has 0 bridgehead atoms. The summed E-state index contributed by atoms with van der Waals surface area (Å²) < 4.78 is 0. The molecule has 2 atom stereocenters. The van der Waals surface area contributed by atoms with Gasteiger partial charge in [0.1, 0.15) is 12.1 Å². The van der Waals surface area contributed by atoms with Crippen LogP contribution in [0.4, 0.5) is 0 Å². The molecule has 10 heteroatoms. The van der Waals surface area contributed by atoms with E-state index in [1.54, 1.807) is 9.80 Å². The summed E-state index contributed by atoms with van der Waals surface area (Å²) in [6.45, 7) is 1.56. The van der Waals surface area contributed by atoms with Crippen LogP contribution in [0, 0.1) is 0 Å². The molecule has 0 saturated carbocycles. The van der Waals surface area contributed by atoms with Gasteiger partial charge in [-0.25, -0.2) is 0 Å². The Labute approximate surface area is 278 Å². The molecule has 238 valence electrons. The molecule has 1 unspecified atom stereocenters. The Hall–Kier alpha value is -4.54. The van der Waals surface area contributed by atoms with Gasteiger partial charge in [-0.2, -0.15) is 0 Å². The van der Waals surface area contributed by atoms with Crippen molar-refractivity contribution in [3.63, 3.8) is 0 Å². The van der Waals surface area contributed by atoms with E-state index < -0.39 is 12.1 Å². The van der Waals surface area contributed by atoms with Crippen LogP contribution in [-0.2, 0) is 45.4 Å². The fourth-order valence-electron chi connectivity index (χ4n) is 4.86. The third-order valence-electron chi connectivity index (χ3n) is 7.18. The molecule has 2 N–H and O–H groups in total. The highest BCUT2D eigenvalue weighted by Crippen LogP contribution is 2.25. The van der Waals surface area contributed by atoms with Crippen molar-refractivity contribution in [3.05, 3.63) is 144 Å². The highest BCUT2D eigenvalue weighted by Gasteiger charge is 2.27. The van der Waals surface area contributed by atoms with Crippen molar-refractivity contribution in [2.75, 3.05) is 11.5 Å². The highest BCUT2D eigenvalue weighted by atomic mass is 33.1. The van der Waals surface area contributed by atoms with E-state index in [2.05, 4.69) is 10.6 Å². The third-order valence-corrected chi connectivity index (χ3v) is 9.60. The van der Waals surface area contributed by atoms with Crippen molar-refractivity contribution in [3.8, 4) is 0 Å². The van der Waals surface area contributed by atoms with Crippen molar-refractivity contribution in [1.29, 1.82) is 0 Å². The monoisotopic (exact) mass is 654 g/mol. The van der Waals surface area contributed by atoms with Crippen LogP contribution < -0.4 is 10.6 Å². The third kappa shape index (κ3) is 11.1. The molecule has 4 aromatic carbocycles. The molecule has 0 heterocycles. The second-order valence-corrected chi connectivity index (χ2v) is 13.1. The van der Waals surface area contributed by atoms with Gasteiger partial charge in [-0.15, -0.1) is 0 Å². The van der Waals surface area contributed by atoms with Gasteiger partial charge in [-0.05, 0) is 22.3 Å². The lowest BCUT2D eigenvalue weighted by Crippen LogP contribution is -2.47. The van der Waals surface area contributed by atoms with Crippen molar-refractivity contribution in [2.24, 2.45) is 0 Å². The number of amides is 4. The molecule has 0 spiro atoms. The predicted molar refractivity (Wildman–Crippen MR) is 185 cm³/mol. The van der Waals surface area contributed by atoms with Gasteiger partial charge < -0.3 is 20.4 Å². The van der Waals surface area contributed by atoms with Crippen LogP contribution >= 0.6 is 21.6 Å². The minimum absolute atomic E-state index is 0.205. The largest absolute Gasteiger partial charge is 0.346 e. The van der Waals surface area contributed by atoms with Crippen LogP contribution in [0.5, 0.6) is 0 Å². The van der Waals surface area contributed by atoms with Gasteiger partial charge in [0.15, 0.2) is 0 Å². The van der Waals surface area contributed by atoms with Gasteiger partial charge in [0.05, 0.1) is 0 Å². The van der Waals surface area contributed by atoms with E-state index in [1.807, 2.05) is 121 Å². The second kappa shape index (κ2) is 19.1. The Balaban J connectivity index is 1.41. The molecule has 4 rings (SSSR count). The summed E-state index contributed by atoms with van der Waals surface area (Å²) in [5.74, 6) is 0.149. The first-order valence-corrected chi connectivity index (χ1v) is 17.4. The number of hydrogen-bond acceptors (Lipinski definition) is 6. The Morgan fingerprint density at radius 1 is 0.500 bits per heavy atom. The Kier molecular flexibility index (Phi) is 14.2. The molecule has 0 aliphatic rings. The number of rotatable bonds is 19. The molecule has 0 aromatic heterocycles.